The summed E-state index contributed by atoms with van der Waals surface area (Å²) in [6.45, 7) is 0.564. The minimum Gasteiger partial charge on any atom is -0.497 e. The van der Waals surface area contributed by atoms with Gasteiger partial charge in [-0.3, -0.25) is 0 Å². The van der Waals surface area contributed by atoms with E-state index >= 15 is 0 Å². The van der Waals surface area contributed by atoms with Crippen LogP contribution in [-0.4, -0.2) is 28.1 Å². The molecule has 3 aromatic rings. The Balaban J connectivity index is 1.36. The van der Waals surface area contributed by atoms with E-state index in [0.717, 1.165) is 29.1 Å². The summed E-state index contributed by atoms with van der Waals surface area (Å²) in [6.07, 6.45) is 2.76. The van der Waals surface area contributed by atoms with Gasteiger partial charge in [0.2, 0.25) is 0 Å². The first-order valence-electron chi connectivity index (χ1n) is 8.38. The van der Waals surface area contributed by atoms with Crippen LogP contribution in [0.4, 0.5) is 8.78 Å². The number of rotatable bonds is 6. The zero-order valence-electron chi connectivity index (χ0n) is 14.2. The van der Waals surface area contributed by atoms with E-state index in [2.05, 4.69) is 15.6 Å². The SMILES string of the molecule is COc1cccc(-n2cc(CN[C@@H]3C[C@H]3c3ccc(F)c(F)c3)nn2)c1. The largest absolute Gasteiger partial charge is 0.497 e. The predicted octanol–water partition coefficient (Wildman–Crippen LogP) is 3.20. The van der Waals surface area contributed by atoms with Crippen LogP contribution in [0.3, 0.4) is 0 Å². The molecule has 0 spiro atoms. The smallest absolute Gasteiger partial charge is 0.159 e. The van der Waals surface area contributed by atoms with Gasteiger partial charge in [0, 0.05) is 24.6 Å². The number of nitrogens with zero attached hydrogens (tertiary/aromatic N) is 3. The summed E-state index contributed by atoms with van der Waals surface area (Å²) in [7, 11) is 1.62. The summed E-state index contributed by atoms with van der Waals surface area (Å²) in [5.74, 6) is -0.647. The molecule has 26 heavy (non-hydrogen) atoms. The van der Waals surface area contributed by atoms with Crippen molar-refractivity contribution in [1.29, 1.82) is 0 Å². The maximum Gasteiger partial charge on any atom is 0.159 e. The Bertz CT molecular complexity index is 927. The van der Waals surface area contributed by atoms with E-state index in [0.29, 0.717) is 6.54 Å². The van der Waals surface area contributed by atoms with Crippen molar-refractivity contribution in [3.8, 4) is 11.4 Å². The molecule has 1 aromatic heterocycles. The van der Waals surface area contributed by atoms with Crippen molar-refractivity contribution in [2.75, 3.05) is 7.11 Å². The number of aromatic nitrogens is 3. The molecule has 5 nitrogen and oxygen atoms in total. The van der Waals surface area contributed by atoms with Crippen LogP contribution in [0.15, 0.2) is 48.7 Å². The Morgan fingerprint density at radius 1 is 1.19 bits per heavy atom. The fourth-order valence-corrected chi connectivity index (χ4v) is 3.03. The van der Waals surface area contributed by atoms with Crippen LogP contribution >= 0.6 is 0 Å². The van der Waals surface area contributed by atoms with Gasteiger partial charge < -0.3 is 10.1 Å². The fraction of sp³-hybridized carbons (Fsp3) is 0.263. The molecular formula is C19H18F2N4O. The summed E-state index contributed by atoms with van der Waals surface area (Å²) in [5, 5.41) is 11.7. The first-order valence-corrected chi connectivity index (χ1v) is 8.38. The highest BCUT2D eigenvalue weighted by Gasteiger charge is 2.38. The van der Waals surface area contributed by atoms with Gasteiger partial charge in [0.05, 0.1) is 24.7 Å². The zero-order chi connectivity index (χ0) is 18.1. The molecule has 0 aliphatic heterocycles. The highest BCUT2D eigenvalue weighted by Crippen LogP contribution is 2.41. The molecule has 2 atom stereocenters. The van der Waals surface area contributed by atoms with Gasteiger partial charge in [-0.05, 0) is 36.2 Å². The van der Waals surface area contributed by atoms with E-state index in [1.54, 1.807) is 17.9 Å². The second-order valence-electron chi connectivity index (χ2n) is 6.36. The zero-order valence-corrected chi connectivity index (χ0v) is 14.2. The third kappa shape index (κ3) is 3.43. The number of hydrogen-bond acceptors (Lipinski definition) is 4. The molecule has 7 heteroatoms. The topological polar surface area (TPSA) is 52.0 Å². The van der Waals surface area contributed by atoms with Crippen LogP contribution in [0, 0.1) is 11.6 Å². The van der Waals surface area contributed by atoms with Crippen molar-refractivity contribution in [2.24, 2.45) is 0 Å². The highest BCUT2D eigenvalue weighted by molar-refractivity contribution is 5.38. The second kappa shape index (κ2) is 6.84. The van der Waals surface area contributed by atoms with Crippen molar-refractivity contribution in [3.63, 3.8) is 0 Å². The Morgan fingerprint density at radius 2 is 2.08 bits per heavy atom. The first-order chi connectivity index (χ1) is 12.6. The van der Waals surface area contributed by atoms with E-state index in [1.807, 2.05) is 30.5 Å². The molecule has 0 saturated heterocycles. The molecule has 0 bridgehead atoms. The third-order valence-electron chi connectivity index (χ3n) is 4.57. The molecule has 4 rings (SSSR count). The van der Waals surface area contributed by atoms with E-state index < -0.39 is 11.6 Å². The van der Waals surface area contributed by atoms with Crippen molar-refractivity contribution in [2.45, 2.75) is 24.9 Å². The number of hydrogen-bond donors (Lipinski definition) is 1. The minimum atomic E-state index is -0.812. The van der Waals surface area contributed by atoms with Crippen molar-refractivity contribution in [3.05, 3.63) is 71.6 Å². The van der Waals surface area contributed by atoms with Crippen molar-refractivity contribution >= 4 is 0 Å². The predicted molar refractivity (Wildman–Crippen MR) is 92.3 cm³/mol. The van der Waals surface area contributed by atoms with E-state index in [-0.39, 0.29) is 12.0 Å². The number of halogens is 2. The summed E-state index contributed by atoms with van der Waals surface area (Å²) in [6, 6.07) is 11.9. The van der Waals surface area contributed by atoms with Crippen LogP contribution in [0.25, 0.3) is 5.69 Å². The lowest BCUT2D eigenvalue weighted by molar-refractivity contribution is 0.414. The van der Waals surface area contributed by atoms with E-state index in [1.165, 1.54) is 12.1 Å². The van der Waals surface area contributed by atoms with Gasteiger partial charge >= 0.3 is 0 Å². The lowest BCUT2D eigenvalue weighted by Crippen LogP contribution is -2.17. The van der Waals surface area contributed by atoms with Crippen LogP contribution in [0.1, 0.15) is 23.6 Å². The molecule has 0 unspecified atom stereocenters. The van der Waals surface area contributed by atoms with Gasteiger partial charge in [-0.15, -0.1) is 5.10 Å². The van der Waals surface area contributed by atoms with Gasteiger partial charge in [-0.25, -0.2) is 13.5 Å². The number of methoxy groups -OCH3 is 1. The van der Waals surface area contributed by atoms with Crippen molar-refractivity contribution in [1.82, 2.24) is 20.3 Å². The van der Waals surface area contributed by atoms with Crippen LogP contribution in [0.5, 0.6) is 5.75 Å². The number of benzene rings is 2. The molecule has 0 amide bonds. The summed E-state index contributed by atoms with van der Waals surface area (Å²) >= 11 is 0. The highest BCUT2D eigenvalue weighted by atomic mass is 19.2. The lowest BCUT2D eigenvalue weighted by Gasteiger charge is -2.04. The third-order valence-corrected chi connectivity index (χ3v) is 4.57. The maximum atomic E-state index is 13.3. The van der Waals surface area contributed by atoms with Gasteiger partial charge in [-0.1, -0.05) is 17.3 Å². The first kappa shape index (κ1) is 16.7. The molecule has 1 N–H and O–H groups in total. The lowest BCUT2D eigenvalue weighted by atomic mass is 10.1. The van der Waals surface area contributed by atoms with Gasteiger partial charge in [-0.2, -0.15) is 0 Å². The number of nitrogens with one attached hydrogen (secondary N) is 1. The quantitative estimate of drug-likeness (QED) is 0.737. The normalized spacial score (nSPS) is 18.7. The molecule has 1 fully saturated rings. The Morgan fingerprint density at radius 3 is 2.88 bits per heavy atom. The van der Waals surface area contributed by atoms with E-state index in [4.69, 9.17) is 4.74 Å². The van der Waals surface area contributed by atoms with Gasteiger partial charge in [0.15, 0.2) is 11.6 Å². The molecule has 1 saturated carbocycles. The molecule has 1 aliphatic rings. The fourth-order valence-electron chi connectivity index (χ4n) is 3.03. The second-order valence-corrected chi connectivity index (χ2v) is 6.36. The van der Waals surface area contributed by atoms with Gasteiger partial charge in [0.1, 0.15) is 5.75 Å². The maximum absolute atomic E-state index is 13.3. The summed E-state index contributed by atoms with van der Waals surface area (Å²) < 4.78 is 33.3. The molecular weight excluding hydrogens is 338 g/mol. The molecule has 0 radical (unpaired) electrons. The average molecular weight is 356 g/mol. The molecule has 1 aliphatic carbocycles. The van der Waals surface area contributed by atoms with E-state index in [9.17, 15) is 8.78 Å². The monoisotopic (exact) mass is 356 g/mol. The molecule has 134 valence electrons. The Labute approximate surface area is 149 Å². The summed E-state index contributed by atoms with van der Waals surface area (Å²) in [4.78, 5) is 0. The van der Waals surface area contributed by atoms with Crippen LogP contribution in [0.2, 0.25) is 0 Å². The minimum absolute atomic E-state index is 0.207. The Kier molecular flexibility index (Phi) is 4.38. The standard InChI is InChI=1S/C19H18F2N4O/c1-26-15-4-2-3-14(8-15)25-11-13(23-24-25)10-22-19-9-16(19)12-5-6-17(20)18(21)7-12/h2-8,11,16,19,22H,9-10H2,1H3/t16-,19+/m0/s1. The van der Waals surface area contributed by atoms with Crippen LogP contribution in [-0.2, 0) is 6.54 Å². The Hall–Kier alpha value is -2.80. The molecule has 1 heterocycles. The average Bonchev–Trinajstić information content (AvgIpc) is 3.29. The number of ether oxygens (including phenoxy) is 1. The molecule has 2 aromatic carbocycles. The van der Waals surface area contributed by atoms with Crippen molar-refractivity contribution < 1.29 is 13.5 Å². The van der Waals surface area contributed by atoms with Gasteiger partial charge in [0.25, 0.3) is 0 Å². The summed E-state index contributed by atoms with van der Waals surface area (Å²) in [5.41, 5.74) is 2.50. The van der Waals surface area contributed by atoms with Crippen LogP contribution < -0.4 is 10.1 Å².